The molecule has 1 fully saturated rings. The van der Waals surface area contributed by atoms with E-state index in [1.807, 2.05) is 11.6 Å². The molecule has 88 valence electrons. The summed E-state index contributed by atoms with van der Waals surface area (Å²) in [6, 6.07) is 0.501. The minimum absolute atomic E-state index is 0.252. The zero-order chi connectivity index (χ0) is 11.7. The highest BCUT2D eigenvalue weighted by molar-refractivity contribution is 5.90. The van der Waals surface area contributed by atoms with E-state index in [1.165, 1.54) is 12.8 Å². The van der Waals surface area contributed by atoms with E-state index in [2.05, 4.69) is 18.9 Å². The van der Waals surface area contributed by atoms with Gasteiger partial charge in [0.15, 0.2) is 0 Å². The number of ether oxygens (including phenoxy) is 1. The van der Waals surface area contributed by atoms with Crippen LogP contribution in [0.2, 0.25) is 0 Å². The standard InChI is InChI=1S/C12H18N2O2/c1-4-16-12(15)10-7-13-14(9-5-6-9)11(10)8(2)3/h7-9H,4-6H2,1-3H3. The Morgan fingerprint density at radius 3 is 2.81 bits per heavy atom. The number of nitrogens with zero attached hydrogens (tertiary/aromatic N) is 2. The Morgan fingerprint density at radius 2 is 2.31 bits per heavy atom. The number of carbonyl (C=O) groups excluding carboxylic acids is 1. The van der Waals surface area contributed by atoms with Gasteiger partial charge >= 0.3 is 5.97 Å². The van der Waals surface area contributed by atoms with Crippen molar-refractivity contribution in [3.05, 3.63) is 17.5 Å². The maximum absolute atomic E-state index is 11.8. The van der Waals surface area contributed by atoms with Crippen molar-refractivity contribution >= 4 is 5.97 Å². The van der Waals surface area contributed by atoms with E-state index in [9.17, 15) is 4.79 Å². The molecule has 4 heteroatoms. The van der Waals surface area contributed by atoms with Gasteiger partial charge in [-0.1, -0.05) is 13.8 Å². The van der Waals surface area contributed by atoms with Crippen LogP contribution >= 0.6 is 0 Å². The van der Waals surface area contributed by atoms with Crippen LogP contribution in [0.25, 0.3) is 0 Å². The third kappa shape index (κ3) is 1.96. The van der Waals surface area contributed by atoms with Crippen LogP contribution in [0.5, 0.6) is 0 Å². The minimum atomic E-state index is -0.252. The average molecular weight is 222 g/mol. The molecule has 0 aromatic carbocycles. The lowest BCUT2D eigenvalue weighted by Gasteiger charge is -2.11. The Kier molecular flexibility index (Phi) is 2.99. The van der Waals surface area contributed by atoms with Crippen LogP contribution in [0.1, 0.15) is 61.6 Å². The van der Waals surface area contributed by atoms with Crippen LogP contribution in [-0.4, -0.2) is 22.4 Å². The molecule has 0 bridgehead atoms. The second-order valence-corrected chi connectivity index (χ2v) is 4.49. The highest BCUT2D eigenvalue weighted by Crippen LogP contribution is 2.37. The van der Waals surface area contributed by atoms with Crippen LogP contribution in [-0.2, 0) is 4.74 Å². The van der Waals surface area contributed by atoms with Crippen LogP contribution < -0.4 is 0 Å². The zero-order valence-corrected chi connectivity index (χ0v) is 10.1. The fraction of sp³-hybridized carbons (Fsp3) is 0.667. The largest absolute Gasteiger partial charge is 0.462 e. The molecule has 1 aromatic heterocycles. The SMILES string of the molecule is CCOC(=O)c1cnn(C2CC2)c1C(C)C. The van der Waals surface area contributed by atoms with E-state index in [4.69, 9.17) is 4.74 Å². The highest BCUT2D eigenvalue weighted by Gasteiger charge is 2.30. The molecule has 1 aliphatic carbocycles. The molecule has 0 amide bonds. The van der Waals surface area contributed by atoms with Crippen molar-refractivity contribution in [3.8, 4) is 0 Å². The lowest BCUT2D eigenvalue weighted by atomic mass is 10.1. The maximum Gasteiger partial charge on any atom is 0.341 e. The molecule has 16 heavy (non-hydrogen) atoms. The van der Waals surface area contributed by atoms with Gasteiger partial charge in [0.25, 0.3) is 0 Å². The molecule has 0 saturated heterocycles. The fourth-order valence-electron chi connectivity index (χ4n) is 1.92. The van der Waals surface area contributed by atoms with E-state index in [0.717, 1.165) is 5.69 Å². The molecule has 1 aromatic rings. The highest BCUT2D eigenvalue weighted by atomic mass is 16.5. The fourth-order valence-corrected chi connectivity index (χ4v) is 1.92. The summed E-state index contributed by atoms with van der Waals surface area (Å²) in [6.45, 7) is 6.39. The molecule has 1 saturated carbocycles. The summed E-state index contributed by atoms with van der Waals surface area (Å²) in [7, 11) is 0. The Bertz CT molecular complexity index is 392. The lowest BCUT2D eigenvalue weighted by molar-refractivity contribution is 0.0524. The molecule has 0 aliphatic heterocycles. The average Bonchev–Trinajstić information content (AvgIpc) is 2.97. The summed E-state index contributed by atoms with van der Waals surface area (Å²) in [4.78, 5) is 11.8. The Hall–Kier alpha value is -1.32. The van der Waals surface area contributed by atoms with Gasteiger partial charge in [0.1, 0.15) is 5.56 Å². The van der Waals surface area contributed by atoms with Gasteiger partial charge in [-0.15, -0.1) is 0 Å². The third-order valence-corrected chi connectivity index (χ3v) is 2.77. The number of aromatic nitrogens is 2. The smallest absolute Gasteiger partial charge is 0.341 e. The summed E-state index contributed by atoms with van der Waals surface area (Å²) in [5, 5.41) is 4.32. The number of rotatable bonds is 4. The van der Waals surface area contributed by atoms with Crippen molar-refractivity contribution < 1.29 is 9.53 Å². The van der Waals surface area contributed by atoms with E-state index >= 15 is 0 Å². The molecule has 2 rings (SSSR count). The summed E-state index contributed by atoms with van der Waals surface area (Å²) >= 11 is 0. The Morgan fingerprint density at radius 1 is 1.62 bits per heavy atom. The molecule has 0 unspecified atom stereocenters. The van der Waals surface area contributed by atoms with Crippen molar-refractivity contribution in [1.29, 1.82) is 0 Å². The van der Waals surface area contributed by atoms with Crippen LogP contribution in [0.15, 0.2) is 6.20 Å². The second kappa shape index (κ2) is 4.28. The first-order valence-corrected chi connectivity index (χ1v) is 5.89. The second-order valence-electron chi connectivity index (χ2n) is 4.49. The lowest BCUT2D eigenvalue weighted by Crippen LogP contribution is -2.11. The summed E-state index contributed by atoms with van der Waals surface area (Å²) in [5.74, 6) is 0.0422. The normalized spacial score (nSPS) is 15.5. The molecule has 0 spiro atoms. The van der Waals surface area contributed by atoms with Crippen molar-refractivity contribution in [2.75, 3.05) is 6.61 Å². The minimum Gasteiger partial charge on any atom is -0.462 e. The summed E-state index contributed by atoms with van der Waals surface area (Å²) in [5.41, 5.74) is 1.64. The molecular weight excluding hydrogens is 204 g/mol. The summed E-state index contributed by atoms with van der Waals surface area (Å²) in [6.07, 6.45) is 3.99. The van der Waals surface area contributed by atoms with Crippen molar-refractivity contribution in [2.45, 2.75) is 45.6 Å². The van der Waals surface area contributed by atoms with Gasteiger partial charge < -0.3 is 4.74 Å². The first-order valence-electron chi connectivity index (χ1n) is 5.89. The number of hydrogen-bond donors (Lipinski definition) is 0. The predicted molar refractivity (Wildman–Crippen MR) is 60.5 cm³/mol. The van der Waals surface area contributed by atoms with Gasteiger partial charge in [-0.25, -0.2) is 4.79 Å². The molecule has 0 N–H and O–H groups in total. The van der Waals surface area contributed by atoms with Crippen LogP contribution in [0.4, 0.5) is 0 Å². The van der Waals surface area contributed by atoms with E-state index in [-0.39, 0.29) is 5.97 Å². The van der Waals surface area contributed by atoms with E-state index < -0.39 is 0 Å². The van der Waals surface area contributed by atoms with Gasteiger partial charge in [0.05, 0.1) is 24.5 Å². The topological polar surface area (TPSA) is 44.1 Å². The number of carbonyl (C=O) groups is 1. The molecule has 0 atom stereocenters. The first-order chi connectivity index (χ1) is 7.65. The quantitative estimate of drug-likeness (QED) is 0.735. The van der Waals surface area contributed by atoms with E-state index in [0.29, 0.717) is 24.1 Å². The molecule has 0 radical (unpaired) electrons. The maximum atomic E-state index is 11.8. The van der Waals surface area contributed by atoms with Crippen molar-refractivity contribution in [2.24, 2.45) is 0 Å². The van der Waals surface area contributed by atoms with Gasteiger partial charge in [-0.2, -0.15) is 5.10 Å². The number of esters is 1. The molecule has 1 heterocycles. The monoisotopic (exact) mass is 222 g/mol. The van der Waals surface area contributed by atoms with Gasteiger partial charge in [0.2, 0.25) is 0 Å². The molecular formula is C12H18N2O2. The van der Waals surface area contributed by atoms with Crippen molar-refractivity contribution in [3.63, 3.8) is 0 Å². The Labute approximate surface area is 95.6 Å². The van der Waals surface area contributed by atoms with Crippen LogP contribution in [0.3, 0.4) is 0 Å². The van der Waals surface area contributed by atoms with E-state index in [1.54, 1.807) is 6.20 Å². The van der Waals surface area contributed by atoms with Gasteiger partial charge in [-0.3, -0.25) is 4.68 Å². The van der Waals surface area contributed by atoms with Crippen LogP contribution in [0, 0.1) is 0 Å². The molecule has 1 aliphatic rings. The third-order valence-electron chi connectivity index (χ3n) is 2.77. The predicted octanol–water partition coefficient (Wildman–Crippen LogP) is 2.52. The molecule has 4 nitrogen and oxygen atoms in total. The van der Waals surface area contributed by atoms with Crippen molar-refractivity contribution in [1.82, 2.24) is 9.78 Å². The van der Waals surface area contributed by atoms with Gasteiger partial charge in [-0.05, 0) is 25.7 Å². The van der Waals surface area contributed by atoms with Gasteiger partial charge in [0, 0.05) is 0 Å². The number of hydrogen-bond acceptors (Lipinski definition) is 3. The zero-order valence-electron chi connectivity index (χ0n) is 10.1. The Balaban J connectivity index is 2.33. The first kappa shape index (κ1) is 11.2. The summed E-state index contributed by atoms with van der Waals surface area (Å²) < 4.78 is 7.04.